The first kappa shape index (κ1) is 10.2. The zero-order valence-electron chi connectivity index (χ0n) is 8.25. The standard InChI is InChI=1S/C11H17NO/c1-8-5-9(2)7-10(6-8)11(12)3-4-13/h5-7,11,13H,3-4,12H2,1-2H3. The lowest BCUT2D eigenvalue weighted by Gasteiger charge is -2.11. The van der Waals surface area contributed by atoms with Gasteiger partial charge in [-0.15, -0.1) is 0 Å². The van der Waals surface area contributed by atoms with Crippen LogP contribution in [0.2, 0.25) is 0 Å². The molecule has 0 aliphatic rings. The summed E-state index contributed by atoms with van der Waals surface area (Å²) in [5, 5.41) is 8.76. The molecule has 0 spiro atoms. The fourth-order valence-electron chi connectivity index (χ4n) is 1.53. The Morgan fingerprint density at radius 1 is 1.23 bits per heavy atom. The fourth-order valence-corrected chi connectivity index (χ4v) is 1.53. The highest BCUT2D eigenvalue weighted by Crippen LogP contribution is 2.17. The van der Waals surface area contributed by atoms with Crippen LogP contribution in [0.25, 0.3) is 0 Å². The number of benzene rings is 1. The largest absolute Gasteiger partial charge is 0.396 e. The summed E-state index contributed by atoms with van der Waals surface area (Å²) in [5.74, 6) is 0. The Kier molecular flexibility index (Phi) is 3.46. The van der Waals surface area contributed by atoms with Gasteiger partial charge in [-0.05, 0) is 25.8 Å². The number of hydrogen-bond donors (Lipinski definition) is 2. The molecule has 13 heavy (non-hydrogen) atoms. The van der Waals surface area contributed by atoms with E-state index in [2.05, 4.69) is 32.0 Å². The van der Waals surface area contributed by atoms with Gasteiger partial charge in [-0.1, -0.05) is 29.3 Å². The minimum Gasteiger partial charge on any atom is -0.396 e. The van der Waals surface area contributed by atoms with Crippen molar-refractivity contribution in [2.75, 3.05) is 6.61 Å². The van der Waals surface area contributed by atoms with Crippen molar-refractivity contribution < 1.29 is 5.11 Å². The molecule has 2 nitrogen and oxygen atoms in total. The van der Waals surface area contributed by atoms with Crippen LogP contribution in [0.1, 0.15) is 29.2 Å². The number of hydrogen-bond acceptors (Lipinski definition) is 2. The third-order valence-corrected chi connectivity index (χ3v) is 2.11. The molecule has 1 rings (SSSR count). The van der Waals surface area contributed by atoms with Crippen molar-refractivity contribution in [2.45, 2.75) is 26.3 Å². The van der Waals surface area contributed by atoms with Gasteiger partial charge >= 0.3 is 0 Å². The maximum Gasteiger partial charge on any atom is 0.0449 e. The van der Waals surface area contributed by atoms with Gasteiger partial charge in [0.15, 0.2) is 0 Å². The Bertz CT molecular complexity index is 263. The molecule has 0 aliphatic carbocycles. The van der Waals surface area contributed by atoms with E-state index in [1.54, 1.807) is 0 Å². The van der Waals surface area contributed by atoms with Crippen LogP contribution in [-0.2, 0) is 0 Å². The zero-order valence-corrected chi connectivity index (χ0v) is 8.25. The molecule has 0 saturated heterocycles. The van der Waals surface area contributed by atoms with Crippen molar-refractivity contribution in [2.24, 2.45) is 5.73 Å². The maximum absolute atomic E-state index is 8.76. The lowest BCUT2D eigenvalue weighted by Crippen LogP contribution is -2.12. The van der Waals surface area contributed by atoms with E-state index in [0.29, 0.717) is 6.42 Å². The summed E-state index contributed by atoms with van der Waals surface area (Å²) in [5.41, 5.74) is 9.45. The number of aliphatic hydroxyl groups is 1. The summed E-state index contributed by atoms with van der Waals surface area (Å²) < 4.78 is 0. The summed E-state index contributed by atoms with van der Waals surface area (Å²) in [6.45, 7) is 4.26. The second kappa shape index (κ2) is 4.40. The van der Waals surface area contributed by atoms with Crippen molar-refractivity contribution in [3.8, 4) is 0 Å². The number of rotatable bonds is 3. The van der Waals surface area contributed by atoms with E-state index in [1.165, 1.54) is 11.1 Å². The van der Waals surface area contributed by atoms with Gasteiger partial charge < -0.3 is 10.8 Å². The van der Waals surface area contributed by atoms with Gasteiger partial charge in [0.2, 0.25) is 0 Å². The lowest BCUT2D eigenvalue weighted by molar-refractivity contribution is 0.276. The van der Waals surface area contributed by atoms with E-state index in [0.717, 1.165) is 5.56 Å². The number of aryl methyl sites for hydroxylation is 2. The van der Waals surface area contributed by atoms with Gasteiger partial charge in [0.1, 0.15) is 0 Å². The zero-order chi connectivity index (χ0) is 9.84. The van der Waals surface area contributed by atoms with E-state index in [9.17, 15) is 0 Å². The van der Waals surface area contributed by atoms with Crippen LogP contribution in [-0.4, -0.2) is 11.7 Å². The van der Waals surface area contributed by atoms with E-state index in [4.69, 9.17) is 10.8 Å². The molecule has 3 N–H and O–H groups in total. The predicted molar refractivity (Wildman–Crippen MR) is 54.5 cm³/mol. The van der Waals surface area contributed by atoms with Crippen LogP contribution in [0.4, 0.5) is 0 Å². The average molecular weight is 179 g/mol. The summed E-state index contributed by atoms with van der Waals surface area (Å²) in [6.07, 6.45) is 0.628. The molecule has 1 unspecified atom stereocenters. The molecule has 0 aliphatic heterocycles. The normalized spacial score (nSPS) is 12.9. The highest BCUT2D eigenvalue weighted by molar-refractivity contribution is 5.30. The van der Waals surface area contributed by atoms with Crippen LogP contribution in [0.3, 0.4) is 0 Å². The summed E-state index contributed by atoms with van der Waals surface area (Å²) >= 11 is 0. The summed E-state index contributed by atoms with van der Waals surface area (Å²) in [6, 6.07) is 6.24. The molecule has 0 saturated carbocycles. The van der Waals surface area contributed by atoms with Crippen molar-refractivity contribution >= 4 is 0 Å². The van der Waals surface area contributed by atoms with Crippen molar-refractivity contribution in [1.82, 2.24) is 0 Å². The SMILES string of the molecule is Cc1cc(C)cc(C(N)CCO)c1. The third kappa shape index (κ3) is 2.83. The van der Waals surface area contributed by atoms with Gasteiger partial charge in [-0.2, -0.15) is 0 Å². The molecule has 1 aromatic carbocycles. The van der Waals surface area contributed by atoms with Gasteiger partial charge in [0.25, 0.3) is 0 Å². The molecule has 0 bridgehead atoms. The molecular formula is C11H17NO. The Balaban J connectivity index is 2.87. The molecule has 0 aromatic heterocycles. The fraction of sp³-hybridized carbons (Fsp3) is 0.455. The van der Waals surface area contributed by atoms with E-state index in [-0.39, 0.29) is 12.6 Å². The van der Waals surface area contributed by atoms with Crippen molar-refractivity contribution in [3.05, 3.63) is 34.9 Å². The van der Waals surface area contributed by atoms with E-state index in [1.807, 2.05) is 0 Å². The number of aliphatic hydroxyl groups excluding tert-OH is 1. The molecule has 0 amide bonds. The van der Waals surface area contributed by atoms with Gasteiger partial charge in [-0.3, -0.25) is 0 Å². The molecule has 0 radical (unpaired) electrons. The van der Waals surface area contributed by atoms with Gasteiger partial charge in [-0.25, -0.2) is 0 Å². The second-order valence-corrected chi connectivity index (χ2v) is 3.54. The quantitative estimate of drug-likeness (QED) is 0.741. The monoisotopic (exact) mass is 179 g/mol. The third-order valence-electron chi connectivity index (χ3n) is 2.11. The topological polar surface area (TPSA) is 46.2 Å². The molecule has 1 aromatic rings. The molecule has 0 fully saturated rings. The predicted octanol–water partition coefficient (Wildman–Crippen LogP) is 1.69. The lowest BCUT2D eigenvalue weighted by atomic mass is 10.0. The van der Waals surface area contributed by atoms with E-state index < -0.39 is 0 Å². The second-order valence-electron chi connectivity index (χ2n) is 3.54. The summed E-state index contributed by atoms with van der Waals surface area (Å²) in [7, 11) is 0. The summed E-state index contributed by atoms with van der Waals surface area (Å²) in [4.78, 5) is 0. The van der Waals surface area contributed by atoms with Crippen LogP contribution in [0.5, 0.6) is 0 Å². The first-order chi connectivity index (χ1) is 6.13. The molecule has 2 heteroatoms. The van der Waals surface area contributed by atoms with Gasteiger partial charge in [0.05, 0.1) is 0 Å². The number of nitrogens with two attached hydrogens (primary N) is 1. The van der Waals surface area contributed by atoms with Crippen LogP contribution < -0.4 is 5.73 Å². The smallest absolute Gasteiger partial charge is 0.0449 e. The molecule has 0 heterocycles. The highest BCUT2D eigenvalue weighted by Gasteiger charge is 2.05. The maximum atomic E-state index is 8.76. The molecule has 1 atom stereocenters. The molecule has 72 valence electrons. The van der Waals surface area contributed by atoms with Crippen LogP contribution >= 0.6 is 0 Å². The van der Waals surface area contributed by atoms with Crippen LogP contribution in [0.15, 0.2) is 18.2 Å². The Morgan fingerprint density at radius 2 is 1.77 bits per heavy atom. The highest BCUT2D eigenvalue weighted by atomic mass is 16.3. The van der Waals surface area contributed by atoms with Crippen molar-refractivity contribution in [3.63, 3.8) is 0 Å². The first-order valence-corrected chi connectivity index (χ1v) is 4.58. The average Bonchev–Trinajstić information content (AvgIpc) is 2.03. The minimum absolute atomic E-state index is 0.0383. The Labute approximate surface area is 79.4 Å². The minimum atomic E-state index is -0.0383. The Morgan fingerprint density at radius 3 is 2.23 bits per heavy atom. The van der Waals surface area contributed by atoms with E-state index >= 15 is 0 Å². The Hall–Kier alpha value is -0.860. The van der Waals surface area contributed by atoms with Gasteiger partial charge in [0, 0.05) is 12.6 Å². The molecular weight excluding hydrogens is 162 g/mol. The van der Waals surface area contributed by atoms with Crippen molar-refractivity contribution in [1.29, 1.82) is 0 Å². The van der Waals surface area contributed by atoms with Crippen LogP contribution in [0, 0.1) is 13.8 Å². The first-order valence-electron chi connectivity index (χ1n) is 4.58.